The van der Waals surface area contributed by atoms with Crippen molar-refractivity contribution in [2.75, 3.05) is 19.3 Å². The van der Waals surface area contributed by atoms with Crippen LogP contribution in [-0.4, -0.2) is 36.2 Å². The monoisotopic (exact) mass is 314 g/mol. The second-order valence-corrected chi connectivity index (χ2v) is 6.10. The first-order valence-corrected chi connectivity index (χ1v) is 8.03. The van der Waals surface area contributed by atoms with Gasteiger partial charge in [-0.25, -0.2) is 0 Å². The van der Waals surface area contributed by atoms with Crippen molar-refractivity contribution in [3.8, 4) is 0 Å². The Balaban J connectivity index is 0.00000200. The maximum absolute atomic E-state index is 12.4. The Morgan fingerprint density at radius 3 is 2.30 bits per heavy atom. The lowest BCUT2D eigenvalue weighted by atomic mass is 9.90. The third kappa shape index (κ3) is 4.14. The minimum atomic E-state index is 0. The van der Waals surface area contributed by atoms with Gasteiger partial charge in [0.2, 0.25) is 0 Å². The topological polar surface area (TPSA) is 46.3 Å². The second-order valence-electron chi connectivity index (χ2n) is 5.22. The Labute approximate surface area is 131 Å². The van der Waals surface area contributed by atoms with Crippen molar-refractivity contribution in [3.63, 3.8) is 0 Å². The largest absolute Gasteiger partial charge is 0.339 e. The van der Waals surface area contributed by atoms with Gasteiger partial charge in [-0.3, -0.25) is 4.79 Å². The number of thioether (sulfide) groups is 1. The molecule has 1 atom stereocenters. The fraction of sp³-hybridized carbons (Fsp3) is 0.533. The number of amides is 1. The number of likely N-dealkylation sites (tertiary alicyclic amines) is 1. The zero-order chi connectivity index (χ0) is 13.8. The van der Waals surface area contributed by atoms with Gasteiger partial charge in [-0.2, -0.15) is 0 Å². The number of carbonyl (C=O) groups is 1. The summed E-state index contributed by atoms with van der Waals surface area (Å²) in [5.41, 5.74) is 6.71. The highest BCUT2D eigenvalue weighted by Crippen LogP contribution is 2.22. The number of piperidine rings is 1. The van der Waals surface area contributed by atoms with Crippen molar-refractivity contribution in [1.29, 1.82) is 0 Å². The lowest BCUT2D eigenvalue weighted by Crippen LogP contribution is -2.42. The summed E-state index contributed by atoms with van der Waals surface area (Å²) < 4.78 is 0. The molecule has 1 aliphatic rings. The van der Waals surface area contributed by atoms with Crippen molar-refractivity contribution in [2.45, 2.75) is 30.7 Å². The predicted octanol–water partition coefficient (Wildman–Crippen LogP) is 3.03. The normalized spacial score (nSPS) is 17.4. The van der Waals surface area contributed by atoms with E-state index in [1.807, 2.05) is 35.4 Å². The zero-order valence-corrected chi connectivity index (χ0v) is 13.7. The Hall–Kier alpha value is -0.710. The maximum atomic E-state index is 12.4. The fourth-order valence-electron chi connectivity index (χ4n) is 2.54. The summed E-state index contributed by atoms with van der Waals surface area (Å²) in [6, 6.07) is 8.09. The van der Waals surface area contributed by atoms with Gasteiger partial charge < -0.3 is 10.6 Å². The minimum Gasteiger partial charge on any atom is -0.339 e. The molecule has 2 rings (SSSR count). The molecule has 0 radical (unpaired) electrons. The Morgan fingerprint density at radius 2 is 1.85 bits per heavy atom. The van der Waals surface area contributed by atoms with E-state index in [1.165, 1.54) is 4.90 Å². The summed E-state index contributed by atoms with van der Waals surface area (Å²) in [5.74, 6) is 0.707. The quantitative estimate of drug-likeness (QED) is 0.872. The first-order chi connectivity index (χ1) is 9.11. The summed E-state index contributed by atoms with van der Waals surface area (Å²) >= 11 is 1.69. The SMILES string of the molecule is CSc1ccc(C(=O)N2CCC(C(C)N)CC2)cc1.Cl. The molecule has 1 aromatic carbocycles. The van der Waals surface area contributed by atoms with Gasteiger partial charge in [0.25, 0.3) is 5.91 Å². The van der Waals surface area contributed by atoms with E-state index in [-0.39, 0.29) is 24.4 Å². The first-order valence-electron chi connectivity index (χ1n) is 6.80. The van der Waals surface area contributed by atoms with Crippen molar-refractivity contribution in [3.05, 3.63) is 29.8 Å². The predicted molar refractivity (Wildman–Crippen MR) is 87.7 cm³/mol. The summed E-state index contributed by atoms with van der Waals surface area (Å²) in [7, 11) is 0. The van der Waals surface area contributed by atoms with Crippen LogP contribution in [0.2, 0.25) is 0 Å². The average molecular weight is 315 g/mol. The molecule has 1 heterocycles. The van der Waals surface area contributed by atoms with Gasteiger partial charge >= 0.3 is 0 Å². The van der Waals surface area contributed by atoms with Crippen LogP contribution in [-0.2, 0) is 0 Å². The van der Waals surface area contributed by atoms with E-state index in [4.69, 9.17) is 5.73 Å². The molecule has 112 valence electrons. The van der Waals surface area contributed by atoms with Gasteiger partial charge in [0, 0.05) is 29.6 Å². The van der Waals surface area contributed by atoms with E-state index in [0.29, 0.717) is 5.92 Å². The van der Waals surface area contributed by atoms with Gasteiger partial charge in [0.15, 0.2) is 0 Å². The molecule has 1 amide bonds. The van der Waals surface area contributed by atoms with Gasteiger partial charge in [-0.1, -0.05) is 0 Å². The molecular formula is C15H23ClN2OS. The molecule has 1 aliphatic heterocycles. The van der Waals surface area contributed by atoms with Crippen molar-refractivity contribution >= 4 is 30.1 Å². The molecular weight excluding hydrogens is 292 g/mol. The molecule has 0 saturated carbocycles. The Morgan fingerprint density at radius 1 is 1.30 bits per heavy atom. The van der Waals surface area contributed by atoms with Crippen LogP contribution in [0.25, 0.3) is 0 Å². The zero-order valence-electron chi connectivity index (χ0n) is 12.0. The van der Waals surface area contributed by atoms with Crippen LogP contribution < -0.4 is 5.73 Å². The van der Waals surface area contributed by atoms with Crippen LogP contribution in [0.1, 0.15) is 30.1 Å². The van der Waals surface area contributed by atoms with E-state index >= 15 is 0 Å². The number of benzene rings is 1. The third-order valence-corrected chi connectivity index (χ3v) is 4.65. The molecule has 20 heavy (non-hydrogen) atoms. The summed E-state index contributed by atoms with van der Waals surface area (Å²) in [4.78, 5) is 15.5. The van der Waals surface area contributed by atoms with Crippen LogP contribution in [0.4, 0.5) is 0 Å². The van der Waals surface area contributed by atoms with Crippen molar-refractivity contribution in [2.24, 2.45) is 11.7 Å². The number of rotatable bonds is 3. The summed E-state index contributed by atoms with van der Waals surface area (Å²) in [5, 5.41) is 0. The maximum Gasteiger partial charge on any atom is 0.253 e. The lowest BCUT2D eigenvalue weighted by Gasteiger charge is -2.33. The molecule has 2 N–H and O–H groups in total. The smallest absolute Gasteiger partial charge is 0.253 e. The number of hydrogen-bond acceptors (Lipinski definition) is 3. The van der Waals surface area contributed by atoms with Gasteiger partial charge in [0.1, 0.15) is 0 Å². The highest BCUT2D eigenvalue weighted by atomic mass is 35.5. The van der Waals surface area contributed by atoms with Crippen molar-refractivity contribution < 1.29 is 4.79 Å². The summed E-state index contributed by atoms with van der Waals surface area (Å²) in [6.45, 7) is 3.72. The number of nitrogens with zero attached hydrogens (tertiary/aromatic N) is 1. The molecule has 1 aromatic rings. The summed E-state index contributed by atoms with van der Waals surface area (Å²) in [6.07, 6.45) is 4.08. The standard InChI is InChI=1S/C15H22N2OS.ClH/c1-11(16)12-7-9-17(10-8-12)15(18)13-3-5-14(19-2)6-4-13;/h3-6,11-12H,7-10,16H2,1-2H3;1H. The van der Waals surface area contributed by atoms with Gasteiger partial charge in [-0.05, 0) is 56.2 Å². The van der Waals surface area contributed by atoms with Gasteiger partial charge in [0.05, 0.1) is 0 Å². The van der Waals surface area contributed by atoms with E-state index in [0.717, 1.165) is 31.5 Å². The highest BCUT2D eigenvalue weighted by molar-refractivity contribution is 7.98. The van der Waals surface area contributed by atoms with E-state index in [2.05, 4.69) is 6.92 Å². The van der Waals surface area contributed by atoms with E-state index in [9.17, 15) is 4.79 Å². The molecule has 1 fully saturated rings. The molecule has 3 nitrogen and oxygen atoms in total. The third-order valence-electron chi connectivity index (χ3n) is 3.91. The number of nitrogens with two attached hydrogens (primary N) is 1. The van der Waals surface area contributed by atoms with Crippen LogP contribution in [0.15, 0.2) is 29.2 Å². The molecule has 0 aliphatic carbocycles. The molecule has 1 saturated heterocycles. The first kappa shape index (κ1) is 17.3. The highest BCUT2D eigenvalue weighted by Gasteiger charge is 2.25. The fourth-order valence-corrected chi connectivity index (χ4v) is 2.95. The average Bonchev–Trinajstić information content (AvgIpc) is 2.46. The van der Waals surface area contributed by atoms with E-state index in [1.54, 1.807) is 11.8 Å². The molecule has 0 spiro atoms. The number of halogens is 1. The van der Waals surface area contributed by atoms with Crippen LogP contribution >= 0.6 is 24.2 Å². The van der Waals surface area contributed by atoms with Crippen molar-refractivity contribution in [1.82, 2.24) is 4.90 Å². The van der Waals surface area contributed by atoms with Crippen LogP contribution in [0, 0.1) is 5.92 Å². The lowest BCUT2D eigenvalue weighted by molar-refractivity contribution is 0.0681. The Bertz CT molecular complexity index is 428. The Kier molecular flexibility index (Phi) is 6.86. The van der Waals surface area contributed by atoms with Crippen LogP contribution in [0.3, 0.4) is 0 Å². The number of carbonyl (C=O) groups excluding carboxylic acids is 1. The molecule has 0 bridgehead atoms. The van der Waals surface area contributed by atoms with Gasteiger partial charge in [-0.15, -0.1) is 24.2 Å². The molecule has 0 aromatic heterocycles. The molecule has 5 heteroatoms. The second kappa shape index (κ2) is 7.91. The minimum absolute atomic E-state index is 0. The number of hydrogen-bond donors (Lipinski definition) is 1. The van der Waals surface area contributed by atoms with Crippen LogP contribution in [0.5, 0.6) is 0 Å². The molecule has 1 unspecified atom stereocenters. The van der Waals surface area contributed by atoms with E-state index < -0.39 is 0 Å².